The molecule has 3 rings (SSSR count). The number of rotatable bonds is 4. The van der Waals surface area contributed by atoms with Crippen LogP contribution in [0, 0.1) is 0 Å². The molecule has 1 fully saturated rings. The van der Waals surface area contributed by atoms with Gasteiger partial charge in [0.05, 0.1) is 6.21 Å². The lowest BCUT2D eigenvalue weighted by atomic mass is 9.87. The van der Waals surface area contributed by atoms with Crippen molar-refractivity contribution in [1.82, 2.24) is 9.91 Å². The normalized spacial score (nSPS) is 16.4. The first-order valence-corrected chi connectivity index (χ1v) is 9.65. The van der Waals surface area contributed by atoms with Crippen LogP contribution < -0.4 is 0 Å². The summed E-state index contributed by atoms with van der Waals surface area (Å²) in [6.07, 6.45) is 1.97. The van der Waals surface area contributed by atoms with Crippen molar-refractivity contribution in [2.24, 2.45) is 5.10 Å². The molecular weight excluding hydrogens is 342 g/mol. The molecule has 0 amide bonds. The molecule has 4 heteroatoms. The summed E-state index contributed by atoms with van der Waals surface area (Å²) in [5.41, 5.74) is 3.89. The van der Waals surface area contributed by atoms with Crippen molar-refractivity contribution >= 4 is 17.8 Å². The summed E-state index contributed by atoms with van der Waals surface area (Å²) in [7, 11) is 0. The highest BCUT2D eigenvalue weighted by atomic mass is 35.5. The number of halogens is 1. The quantitative estimate of drug-likeness (QED) is 0.721. The molecule has 0 aromatic heterocycles. The van der Waals surface area contributed by atoms with Crippen molar-refractivity contribution in [3.63, 3.8) is 0 Å². The highest BCUT2D eigenvalue weighted by Crippen LogP contribution is 2.22. The van der Waals surface area contributed by atoms with Gasteiger partial charge >= 0.3 is 0 Å². The Morgan fingerprint density at radius 2 is 1.62 bits per heavy atom. The van der Waals surface area contributed by atoms with Gasteiger partial charge in [-0.3, -0.25) is 9.91 Å². The minimum Gasteiger partial charge on any atom is -0.295 e. The smallest absolute Gasteiger partial charge is 0.0542 e. The highest BCUT2D eigenvalue weighted by Gasteiger charge is 2.16. The second-order valence-corrected chi connectivity index (χ2v) is 8.34. The van der Waals surface area contributed by atoms with Crippen LogP contribution in [-0.2, 0) is 12.0 Å². The van der Waals surface area contributed by atoms with Crippen molar-refractivity contribution in [3.05, 3.63) is 70.2 Å². The van der Waals surface area contributed by atoms with Gasteiger partial charge in [0.25, 0.3) is 0 Å². The van der Waals surface area contributed by atoms with Crippen LogP contribution in [0.3, 0.4) is 0 Å². The molecule has 26 heavy (non-hydrogen) atoms. The Hall–Kier alpha value is -1.84. The molecule has 0 N–H and O–H groups in total. The van der Waals surface area contributed by atoms with E-state index in [1.54, 1.807) is 0 Å². The molecule has 0 aliphatic carbocycles. The Kier molecular flexibility index (Phi) is 6.00. The number of hydrogen-bond donors (Lipinski definition) is 0. The number of hydrazone groups is 1. The lowest BCUT2D eigenvalue weighted by molar-refractivity contribution is 0.131. The Labute approximate surface area is 162 Å². The van der Waals surface area contributed by atoms with E-state index < -0.39 is 0 Å². The topological polar surface area (TPSA) is 18.8 Å². The fourth-order valence-corrected chi connectivity index (χ4v) is 3.29. The van der Waals surface area contributed by atoms with Gasteiger partial charge in [-0.25, -0.2) is 0 Å². The predicted octanol–water partition coefficient (Wildman–Crippen LogP) is 4.79. The van der Waals surface area contributed by atoms with Crippen LogP contribution >= 0.6 is 11.6 Å². The van der Waals surface area contributed by atoms with Crippen molar-refractivity contribution in [2.75, 3.05) is 26.2 Å². The zero-order valence-corrected chi connectivity index (χ0v) is 16.7. The van der Waals surface area contributed by atoms with Gasteiger partial charge in [0.2, 0.25) is 0 Å². The minimum atomic E-state index is 0.188. The van der Waals surface area contributed by atoms with Crippen molar-refractivity contribution in [2.45, 2.75) is 32.7 Å². The summed E-state index contributed by atoms with van der Waals surface area (Å²) >= 11 is 6.27. The summed E-state index contributed by atoms with van der Waals surface area (Å²) in [6, 6.07) is 16.8. The first kappa shape index (κ1) is 18.9. The number of piperazine rings is 1. The van der Waals surface area contributed by atoms with E-state index >= 15 is 0 Å². The average molecular weight is 370 g/mol. The summed E-state index contributed by atoms with van der Waals surface area (Å²) in [5.74, 6) is 0. The van der Waals surface area contributed by atoms with E-state index in [2.05, 4.69) is 66.1 Å². The number of benzene rings is 2. The first-order chi connectivity index (χ1) is 12.4. The molecule has 3 nitrogen and oxygen atoms in total. The third-order valence-electron chi connectivity index (χ3n) is 4.85. The first-order valence-electron chi connectivity index (χ1n) is 9.27. The van der Waals surface area contributed by atoms with Gasteiger partial charge in [-0.05, 0) is 28.2 Å². The van der Waals surface area contributed by atoms with E-state index in [1.807, 2.05) is 24.4 Å². The summed E-state index contributed by atoms with van der Waals surface area (Å²) in [5, 5.41) is 7.67. The minimum absolute atomic E-state index is 0.188. The molecule has 0 bridgehead atoms. The van der Waals surface area contributed by atoms with E-state index in [9.17, 15) is 0 Å². The van der Waals surface area contributed by atoms with Gasteiger partial charge < -0.3 is 0 Å². The zero-order valence-electron chi connectivity index (χ0n) is 16.0. The van der Waals surface area contributed by atoms with Crippen LogP contribution in [-0.4, -0.2) is 42.3 Å². The lowest BCUT2D eigenvalue weighted by Gasteiger charge is -2.33. The standard InChI is InChI=1S/C22H28ClN3/c1-22(2,3)20-10-8-18(9-11-20)16-24-26-14-12-25(13-15-26)17-19-6-4-5-7-21(19)23/h4-11,16H,12-15,17H2,1-3H3/b24-16-. The van der Waals surface area contributed by atoms with Crippen LogP contribution in [0.15, 0.2) is 53.6 Å². The number of nitrogens with zero attached hydrogens (tertiary/aromatic N) is 3. The second kappa shape index (κ2) is 8.24. The lowest BCUT2D eigenvalue weighted by Crippen LogP contribution is -2.43. The fraction of sp³-hybridized carbons (Fsp3) is 0.409. The number of hydrogen-bond acceptors (Lipinski definition) is 3. The summed E-state index contributed by atoms with van der Waals surface area (Å²) in [4.78, 5) is 2.44. The molecule has 0 unspecified atom stereocenters. The van der Waals surface area contributed by atoms with Crippen molar-refractivity contribution < 1.29 is 0 Å². The van der Waals surface area contributed by atoms with E-state index in [-0.39, 0.29) is 5.41 Å². The van der Waals surface area contributed by atoms with E-state index in [0.29, 0.717) is 0 Å². The van der Waals surface area contributed by atoms with E-state index in [1.165, 1.54) is 11.1 Å². The SMILES string of the molecule is CC(C)(C)c1ccc(/C=N\N2CCN(Cc3ccccc3Cl)CC2)cc1. The zero-order chi connectivity index (χ0) is 18.6. The maximum Gasteiger partial charge on any atom is 0.0542 e. The summed E-state index contributed by atoms with van der Waals surface area (Å²) in [6.45, 7) is 11.5. The third-order valence-corrected chi connectivity index (χ3v) is 5.22. The van der Waals surface area contributed by atoms with Crippen LogP contribution in [0.4, 0.5) is 0 Å². The van der Waals surface area contributed by atoms with Gasteiger partial charge in [0, 0.05) is 37.7 Å². The molecule has 0 spiro atoms. The van der Waals surface area contributed by atoms with Crippen molar-refractivity contribution in [3.8, 4) is 0 Å². The Balaban J connectivity index is 1.51. The molecule has 1 aliphatic rings. The van der Waals surface area contributed by atoms with E-state index in [0.717, 1.165) is 43.3 Å². The monoisotopic (exact) mass is 369 g/mol. The fourth-order valence-electron chi connectivity index (χ4n) is 3.10. The highest BCUT2D eigenvalue weighted by molar-refractivity contribution is 6.31. The second-order valence-electron chi connectivity index (χ2n) is 7.94. The van der Waals surface area contributed by atoms with E-state index in [4.69, 9.17) is 11.6 Å². The van der Waals surface area contributed by atoms with Crippen molar-refractivity contribution in [1.29, 1.82) is 0 Å². The molecule has 2 aromatic rings. The third kappa shape index (κ3) is 5.09. The summed E-state index contributed by atoms with van der Waals surface area (Å²) < 4.78 is 0. The predicted molar refractivity (Wildman–Crippen MR) is 111 cm³/mol. The van der Waals surface area contributed by atoms with Crippen LogP contribution in [0.2, 0.25) is 5.02 Å². The Morgan fingerprint density at radius 3 is 2.23 bits per heavy atom. The van der Waals surface area contributed by atoms with Crippen LogP contribution in [0.25, 0.3) is 0 Å². The van der Waals surface area contributed by atoms with Crippen LogP contribution in [0.5, 0.6) is 0 Å². The average Bonchev–Trinajstić information content (AvgIpc) is 2.63. The molecule has 138 valence electrons. The molecule has 1 saturated heterocycles. The molecule has 2 aromatic carbocycles. The molecule has 0 saturated carbocycles. The van der Waals surface area contributed by atoms with Gasteiger partial charge in [-0.15, -0.1) is 0 Å². The molecular formula is C22H28ClN3. The van der Waals surface area contributed by atoms with Gasteiger partial charge in [-0.1, -0.05) is 74.8 Å². The molecule has 1 heterocycles. The Bertz CT molecular complexity index is 739. The largest absolute Gasteiger partial charge is 0.295 e. The molecule has 1 aliphatic heterocycles. The maximum atomic E-state index is 6.27. The van der Waals surface area contributed by atoms with Gasteiger partial charge in [0.1, 0.15) is 0 Å². The maximum absolute atomic E-state index is 6.27. The molecule has 0 radical (unpaired) electrons. The van der Waals surface area contributed by atoms with Gasteiger partial charge in [-0.2, -0.15) is 5.10 Å². The van der Waals surface area contributed by atoms with Gasteiger partial charge in [0.15, 0.2) is 0 Å². The van der Waals surface area contributed by atoms with Crippen LogP contribution in [0.1, 0.15) is 37.5 Å². The molecule has 0 atom stereocenters. The Morgan fingerprint density at radius 1 is 0.962 bits per heavy atom.